The van der Waals surface area contributed by atoms with Crippen molar-refractivity contribution in [2.24, 2.45) is 11.5 Å². The van der Waals surface area contributed by atoms with Gasteiger partial charge in [-0.3, -0.25) is 11.5 Å². The Morgan fingerprint density at radius 2 is 2.00 bits per heavy atom. The van der Waals surface area contributed by atoms with Crippen molar-refractivity contribution in [1.29, 1.82) is 0 Å². The fraction of sp³-hybridized carbons (Fsp3) is 1.00. The van der Waals surface area contributed by atoms with E-state index in [1.807, 2.05) is 6.92 Å². The molecule has 0 aromatic carbocycles. The van der Waals surface area contributed by atoms with Crippen LogP contribution in [0.3, 0.4) is 0 Å². The Morgan fingerprint density at radius 1 is 1.50 bits per heavy atom. The SMILES string of the molecule is CCCCC(N)(N)O. The maximum Gasteiger partial charge on any atom is 0.166 e. The molecule has 0 aromatic heterocycles. The topological polar surface area (TPSA) is 72.3 Å². The largest absolute Gasteiger partial charge is 0.363 e. The Balaban J connectivity index is 3.11. The molecule has 0 radical (unpaired) electrons. The molecule has 0 saturated heterocycles. The molecule has 0 aliphatic heterocycles. The summed E-state index contributed by atoms with van der Waals surface area (Å²) in [7, 11) is 0. The Bertz CT molecular complexity index is 57.9. The second-order valence-electron chi connectivity index (χ2n) is 2.09. The van der Waals surface area contributed by atoms with Crippen molar-refractivity contribution < 1.29 is 5.11 Å². The molecule has 0 rings (SSSR count). The van der Waals surface area contributed by atoms with Crippen molar-refractivity contribution in [1.82, 2.24) is 0 Å². The number of unbranched alkanes of at least 4 members (excludes halogenated alkanes) is 1. The Kier molecular flexibility index (Phi) is 2.97. The fourth-order valence-electron chi connectivity index (χ4n) is 0.460. The number of hydrogen-bond acceptors (Lipinski definition) is 3. The van der Waals surface area contributed by atoms with Gasteiger partial charge in [0, 0.05) is 6.42 Å². The van der Waals surface area contributed by atoms with E-state index in [1.165, 1.54) is 0 Å². The molecule has 0 bridgehead atoms. The van der Waals surface area contributed by atoms with Crippen LogP contribution in [0.2, 0.25) is 0 Å². The summed E-state index contributed by atoms with van der Waals surface area (Å²) in [6, 6.07) is 0. The minimum atomic E-state index is -1.45. The van der Waals surface area contributed by atoms with Gasteiger partial charge in [-0.2, -0.15) is 0 Å². The molecular weight excluding hydrogens is 104 g/mol. The van der Waals surface area contributed by atoms with Gasteiger partial charge < -0.3 is 5.11 Å². The molecule has 0 spiro atoms. The van der Waals surface area contributed by atoms with Gasteiger partial charge in [-0.25, -0.2) is 0 Å². The summed E-state index contributed by atoms with van der Waals surface area (Å²) in [5.41, 5.74) is 10.1. The average Bonchev–Trinajstić information content (AvgIpc) is 1.59. The zero-order chi connectivity index (χ0) is 6.62. The third-order valence-corrected chi connectivity index (χ3v) is 0.931. The van der Waals surface area contributed by atoms with E-state index in [0.29, 0.717) is 6.42 Å². The monoisotopic (exact) mass is 118 g/mol. The molecule has 0 saturated carbocycles. The van der Waals surface area contributed by atoms with Crippen LogP contribution in [0.4, 0.5) is 0 Å². The average molecular weight is 118 g/mol. The minimum Gasteiger partial charge on any atom is -0.363 e. The quantitative estimate of drug-likeness (QED) is 0.447. The highest BCUT2D eigenvalue weighted by Crippen LogP contribution is 1.99. The van der Waals surface area contributed by atoms with Crippen LogP contribution in [0.25, 0.3) is 0 Å². The van der Waals surface area contributed by atoms with Gasteiger partial charge in [0.2, 0.25) is 0 Å². The van der Waals surface area contributed by atoms with Gasteiger partial charge in [-0.1, -0.05) is 13.3 Å². The lowest BCUT2D eigenvalue weighted by molar-refractivity contribution is 0.0426. The predicted molar refractivity (Wildman–Crippen MR) is 32.8 cm³/mol. The minimum absolute atomic E-state index is 0.476. The molecule has 3 heteroatoms. The van der Waals surface area contributed by atoms with Gasteiger partial charge in [0.05, 0.1) is 0 Å². The van der Waals surface area contributed by atoms with Gasteiger partial charge in [0.15, 0.2) is 5.85 Å². The molecule has 0 amide bonds. The first-order valence-electron chi connectivity index (χ1n) is 2.86. The molecule has 0 aliphatic carbocycles. The van der Waals surface area contributed by atoms with Crippen LogP contribution in [0.1, 0.15) is 26.2 Å². The van der Waals surface area contributed by atoms with Crippen LogP contribution < -0.4 is 11.5 Å². The van der Waals surface area contributed by atoms with Crippen molar-refractivity contribution >= 4 is 0 Å². The van der Waals surface area contributed by atoms with E-state index in [1.54, 1.807) is 0 Å². The first kappa shape index (κ1) is 7.88. The maximum absolute atomic E-state index is 8.70. The Morgan fingerprint density at radius 3 is 2.12 bits per heavy atom. The van der Waals surface area contributed by atoms with Crippen LogP contribution in [0.5, 0.6) is 0 Å². The summed E-state index contributed by atoms with van der Waals surface area (Å²) < 4.78 is 0. The van der Waals surface area contributed by atoms with Crippen LogP contribution >= 0.6 is 0 Å². The molecular formula is C5H14N2O. The molecule has 5 N–H and O–H groups in total. The standard InChI is InChI=1S/C5H14N2O/c1-2-3-4-5(6,7)8/h8H,2-4,6-7H2,1H3. The summed E-state index contributed by atoms with van der Waals surface area (Å²) in [5, 5.41) is 8.70. The second-order valence-corrected chi connectivity index (χ2v) is 2.09. The number of aliphatic hydroxyl groups is 1. The van der Waals surface area contributed by atoms with E-state index in [9.17, 15) is 0 Å². The highest BCUT2D eigenvalue weighted by Gasteiger charge is 2.10. The fourth-order valence-corrected chi connectivity index (χ4v) is 0.460. The van der Waals surface area contributed by atoms with Crippen molar-refractivity contribution in [3.05, 3.63) is 0 Å². The lowest BCUT2D eigenvalue weighted by Crippen LogP contribution is -2.48. The number of nitrogens with two attached hydrogens (primary N) is 2. The number of hydrogen-bond donors (Lipinski definition) is 3. The molecule has 0 unspecified atom stereocenters. The van der Waals surface area contributed by atoms with Gasteiger partial charge in [0.25, 0.3) is 0 Å². The molecule has 0 aromatic rings. The second kappa shape index (κ2) is 3.02. The third kappa shape index (κ3) is 5.88. The first-order valence-corrected chi connectivity index (χ1v) is 2.86. The molecule has 50 valence electrons. The molecule has 3 nitrogen and oxygen atoms in total. The highest BCUT2D eigenvalue weighted by molar-refractivity contribution is 4.58. The molecule has 0 atom stereocenters. The van der Waals surface area contributed by atoms with E-state index in [-0.39, 0.29) is 0 Å². The van der Waals surface area contributed by atoms with Crippen LogP contribution in [0, 0.1) is 0 Å². The first-order chi connectivity index (χ1) is 3.56. The highest BCUT2D eigenvalue weighted by atomic mass is 16.3. The zero-order valence-corrected chi connectivity index (χ0v) is 5.22. The van der Waals surface area contributed by atoms with E-state index >= 15 is 0 Å². The molecule has 0 aliphatic rings. The van der Waals surface area contributed by atoms with Crippen LogP contribution in [0.15, 0.2) is 0 Å². The zero-order valence-electron chi connectivity index (χ0n) is 5.22. The Hall–Kier alpha value is -0.120. The van der Waals surface area contributed by atoms with E-state index in [2.05, 4.69) is 0 Å². The van der Waals surface area contributed by atoms with Crippen molar-refractivity contribution in [3.8, 4) is 0 Å². The maximum atomic E-state index is 8.70. The molecule has 0 heterocycles. The lowest BCUT2D eigenvalue weighted by atomic mass is 10.2. The van der Waals surface area contributed by atoms with Gasteiger partial charge in [-0.05, 0) is 6.42 Å². The summed E-state index contributed by atoms with van der Waals surface area (Å²) >= 11 is 0. The van der Waals surface area contributed by atoms with Crippen LogP contribution in [-0.2, 0) is 0 Å². The van der Waals surface area contributed by atoms with Crippen LogP contribution in [-0.4, -0.2) is 11.0 Å². The third-order valence-electron chi connectivity index (χ3n) is 0.931. The van der Waals surface area contributed by atoms with E-state index in [0.717, 1.165) is 12.8 Å². The number of rotatable bonds is 3. The van der Waals surface area contributed by atoms with Gasteiger partial charge in [0.1, 0.15) is 0 Å². The van der Waals surface area contributed by atoms with E-state index in [4.69, 9.17) is 16.6 Å². The summed E-state index contributed by atoms with van der Waals surface area (Å²) in [6.07, 6.45) is 2.36. The van der Waals surface area contributed by atoms with Gasteiger partial charge >= 0.3 is 0 Å². The lowest BCUT2D eigenvalue weighted by Gasteiger charge is -2.15. The summed E-state index contributed by atoms with van der Waals surface area (Å²) in [5.74, 6) is -1.45. The summed E-state index contributed by atoms with van der Waals surface area (Å²) in [4.78, 5) is 0. The molecule has 0 fully saturated rings. The van der Waals surface area contributed by atoms with Crippen molar-refractivity contribution in [2.45, 2.75) is 32.0 Å². The van der Waals surface area contributed by atoms with Crippen molar-refractivity contribution in [2.75, 3.05) is 0 Å². The molecule has 8 heavy (non-hydrogen) atoms. The normalized spacial score (nSPS) is 12.0. The Labute approximate surface area is 49.7 Å². The van der Waals surface area contributed by atoms with E-state index < -0.39 is 5.85 Å². The predicted octanol–water partition coefficient (Wildman–Crippen LogP) is -0.260. The summed E-state index contributed by atoms with van der Waals surface area (Å²) in [6.45, 7) is 2.02. The smallest absolute Gasteiger partial charge is 0.166 e. The van der Waals surface area contributed by atoms with Crippen molar-refractivity contribution in [3.63, 3.8) is 0 Å². The van der Waals surface area contributed by atoms with Gasteiger partial charge in [-0.15, -0.1) is 0 Å².